The maximum atomic E-state index is 12.0. The lowest BCUT2D eigenvalue weighted by molar-refractivity contribution is -0.137. The summed E-state index contributed by atoms with van der Waals surface area (Å²) in [7, 11) is 0. The van der Waals surface area contributed by atoms with E-state index in [-0.39, 0.29) is 23.7 Å². The molecule has 0 bridgehead atoms. The van der Waals surface area contributed by atoms with Crippen molar-refractivity contribution in [2.24, 2.45) is 17.3 Å². The van der Waals surface area contributed by atoms with Crippen LogP contribution in [0.5, 0.6) is 0 Å². The number of carboxylic acids is 1. The molecule has 1 fully saturated rings. The standard InChI is InChI=1S/C14H25NO3/c1-10-7-11(9-14(2,3)8-10)13(18)15-6-4-5-12(16)17/h10-11H,4-9H2,1-3H3,(H,15,18)(H,16,17). The van der Waals surface area contributed by atoms with Gasteiger partial charge in [-0.1, -0.05) is 20.8 Å². The number of hydrogen-bond acceptors (Lipinski definition) is 2. The molecule has 0 spiro atoms. The molecular weight excluding hydrogens is 230 g/mol. The Balaban J connectivity index is 2.34. The van der Waals surface area contributed by atoms with E-state index in [2.05, 4.69) is 26.1 Å². The van der Waals surface area contributed by atoms with Gasteiger partial charge in [0.15, 0.2) is 0 Å². The van der Waals surface area contributed by atoms with Crippen molar-refractivity contribution in [3.05, 3.63) is 0 Å². The van der Waals surface area contributed by atoms with Crippen molar-refractivity contribution in [1.82, 2.24) is 5.32 Å². The van der Waals surface area contributed by atoms with Gasteiger partial charge in [0, 0.05) is 18.9 Å². The number of rotatable bonds is 5. The van der Waals surface area contributed by atoms with Gasteiger partial charge < -0.3 is 10.4 Å². The van der Waals surface area contributed by atoms with Gasteiger partial charge in [-0.05, 0) is 37.0 Å². The number of carbonyl (C=O) groups is 2. The van der Waals surface area contributed by atoms with Crippen LogP contribution in [0.4, 0.5) is 0 Å². The number of amides is 1. The molecule has 4 heteroatoms. The molecule has 2 N–H and O–H groups in total. The molecule has 0 aromatic carbocycles. The summed E-state index contributed by atoms with van der Waals surface area (Å²) in [4.78, 5) is 22.4. The molecule has 1 amide bonds. The minimum Gasteiger partial charge on any atom is -0.481 e. The Labute approximate surface area is 109 Å². The smallest absolute Gasteiger partial charge is 0.303 e. The van der Waals surface area contributed by atoms with E-state index in [4.69, 9.17) is 5.11 Å². The zero-order valence-corrected chi connectivity index (χ0v) is 11.7. The van der Waals surface area contributed by atoms with Gasteiger partial charge in [0.2, 0.25) is 5.91 Å². The van der Waals surface area contributed by atoms with Crippen molar-refractivity contribution in [2.75, 3.05) is 6.54 Å². The molecule has 0 aromatic rings. The van der Waals surface area contributed by atoms with E-state index in [0.717, 1.165) is 12.8 Å². The van der Waals surface area contributed by atoms with Crippen molar-refractivity contribution in [1.29, 1.82) is 0 Å². The highest BCUT2D eigenvalue weighted by Gasteiger charge is 2.35. The van der Waals surface area contributed by atoms with E-state index in [1.807, 2.05) is 0 Å². The average Bonchev–Trinajstić information content (AvgIpc) is 2.20. The first-order valence-electron chi connectivity index (χ1n) is 6.80. The third-order valence-electron chi connectivity index (χ3n) is 3.62. The fourth-order valence-corrected chi connectivity index (χ4v) is 3.14. The lowest BCUT2D eigenvalue weighted by Gasteiger charge is -2.38. The molecule has 4 nitrogen and oxygen atoms in total. The Bertz CT molecular complexity index is 312. The Hall–Kier alpha value is -1.06. The van der Waals surface area contributed by atoms with Crippen molar-refractivity contribution >= 4 is 11.9 Å². The van der Waals surface area contributed by atoms with Crippen LogP contribution in [-0.4, -0.2) is 23.5 Å². The fourth-order valence-electron chi connectivity index (χ4n) is 3.14. The molecule has 1 aliphatic rings. The van der Waals surface area contributed by atoms with E-state index in [1.54, 1.807) is 0 Å². The van der Waals surface area contributed by atoms with Crippen LogP contribution in [0.3, 0.4) is 0 Å². The Kier molecular flexibility index (Phi) is 5.17. The molecular formula is C14H25NO3. The Morgan fingerprint density at radius 2 is 2.00 bits per heavy atom. The van der Waals surface area contributed by atoms with Crippen molar-refractivity contribution < 1.29 is 14.7 Å². The predicted octanol–water partition coefficient (Wildman–Crippen LogP) is 2.43. The minimum atomic E-state index is -0.809. The van der Waals surface area contributed by atoms with Crippen molar-refractivity contribution in [3.63, 3.8) is 0 Å². The van der Waals surface area contributed by atoms with E-state index >= 15 is 0 Å². The van der Waals surface area contributed by atoms with E-state index in [0.29, 0.717) is 18.9 Å². The summed E-state index contributed by atoms with van der Waals surface area (Å²) < 4.78 is 0. The lowest BCUT2D eigenvalue weighted by Crippen LogP contribution is -2.38. The highest BCUT2D eigenvalue weighted by molar-refractivity contribution is 5.78. The molecule has 0 radical (unpaired) electrons. The second-order valence-corrected chi connectivity index (χ2v) is 6.40. The van der Waals surface area contributed by atoms with Crippen LogP contribution in [0.15, 0.2) is 0 Å². The molecule has 1 saturated carbocycles. The average molecular weight is 255 g/mol. The molecule has 2 unspecified atom stereocenters. The quantitative estimate of drug-likeness (QED) is 0.741. The van der Waals surface area contributed by atoms with Gasteiger partial charge in [-0.25, -0.2) is 0 Å². The van der Waals surface area contributed by atoms with Crippen molar-refractivity contribution in [3.8, 4) is 0 Å². The van der Waals surface area contributed by atoms with Crippen LogP contribution in [0.1, 0.15) is 52.9 Å². The van der Waals surface area contributed by atoms with Gasteiger partial charge >= 0.3 is 5.97 Å². The van der Waals surface area contributed by atoms with Crippen LogP contribution in [-0.2, 0) is 9.59 Å². The second-order valence-electron chi connectivity index (χ2n) is 6.40. The molecule has 0 saturated heterocycles. The topological polar surface area (TPSA) is 66.4 Å². The maximum Gasteiger partial charge on any atom is 0.303 e. The summed E-state index contributed by atoms with van der Waals surface area (Å²) in [6.45, 7) is 7.10. The van der Waals surface area contributed by atoms with Gasteiger partial charge in [-0.2, -0.15) is 0 Å². The monoisotopic (exact) mass is 255 g/mol. The Morgan fingerprint density at radius 3 is 2.56 bits per heavy atom. The number of carbonyl (C=O) groups excluding carboxylic acids is 1. The van der Waals surface area contributed by atoms with Crippen LogP contribution in [0.2, 0.25) is 0 Å². The van der Waals surface area contributed by atoms with Crippen LogP contribution in [0, 0.1) is 17.3 Å². The first-order valence-corrected chi connectivity index (χ1v) is 6.80. The van der Waals surface area contributed by atoms with Gasteiger partial charge in [0.1, 0.15) is 0 Å². The molecule has 0 heterocycles. The third-order valence-corrected chi connectivity index (χ3v) is 3.62. The molecule has 18 heavy (non-hydrogen) atoms. The van der Waals surface area contributed by atoms with Gasteiger partial charge in [-0.15, -0.1) is 0 Å². The lowest BCUT2D eigenvalue weighted by atomic mass is 9.68. The fraction of sp³-hybridized carbons (Fsp3) is 0.857. The summed E-state index contributed by atoms with van der Waals surface area (Å²) >= 11 is 0. The summed E-state index contributed by atoms with van der Waals surface area (Å²) in [5, 5.41) is 11.4. The van der Waals surface area contributed by atoms with Gasteiger partial charge in [0.25, 0.3) is 0 Å². The molecule has 0 aliphatic heterocycles. The van der Waals surface area contributed by atoms with Crippen LogP contribution >= 0.6 is 0 Å². The highest BCUT2D eigenvalue weighted by Crippen LogP contribution is 2.41. The minimum absolute atomic E-state index is 0.0913. The van der Waals surface area contributed by atoms with Crippen molar-refractivity contribution in [2.45, 2.75) is 52.9 Å². The first-order chi connectivity index (χ1) is 8.30. The summed E-state index contributed by atoms with van der Waals surface area (Å²) in [6, 6.07) is 0. The highest BCUT2D eigenvalue weighted by atomic mass is 16.4. The molecule has 2 atom stereocenters. The maximum absolute atomic E-state index is 12.0. The second kappa shape index (κ2) is 6.21. The van der Waals surface area contributed by atoms with E-state index in [1.165, 1.54) is 6.42 Å². The Morgan fingerprint density at radius 1 is 1.33 bits per heavy atom. The zero-order valence-electron chi connectivity index (χ0n) is 11.7. The third kappa shape index (κ3) is 5.07. The zero-order chi connectivity index (χ0) is 13.8. The van der Waals surface area contributed by atoms with Gasteiger partial charge in [0.05, 0.1) is 0 Å². The largest absolute Gasteiger partial charge is 0.481 e. The normalized spacial score (nSPS) is 26.6. The molecule has 1 aliphatic carbocycles. The van der Waals surface area contributed by atoms with Crippen LogP contribution in [0.25, 0.3) is 0 Å². The predicted molar refractivity (Wildman–Crippen MR) is 70.2 cm³/mol. The first kappa shape index (κ1) is 15.0. The summed E-state index contributed by atoms with van der Waals surface area (Å²) in [5.41, 5.74) is 0.237. The summed E-state index contributed by atoms with van der Waals surface area (Å²) in [5.74, 6) is -0.0335. The summed E-state index contributed by atoms with van der Waals surface area (Å²) in [6.07, 6.45) is 3.69. The van der Waals surface area contributed by atoms with Gasteiger partial charge in [-0.3, -0.25) is 9.59 Å². The SMILES string of the molecule is CC1CC(C(=O)NCCCC(=O)O)CC(C)(C)C1. The number of carboxylic acid groups (broad SMARTS) is 1. The number of aliphatic carboxylic acids is 1. The molecule has 1 rings (SSSR count). The van der Waals surface area contributed by atoms with E-state index in [9.17, 15) is 9.59 Å². The van der Waals surface area contributed by atoms with E-state index < -0.39 is 5.97 Å². The molecule has 104 valence electrons. The number of nitrogens with one attached hydrogen (secondary N) is 1. The van der Waals surface area contributed by atoms with Crippen LogP contribution < -0.4 is 5.32 Å². The number of hydrogen-bond donors (Lipinski definition) is 2. The molecule has 0 aromatic heterocycles.